The molecular formula is C16H16BrClN2O3S. The first-order chi connectivity index (χ1) is 11.2. The molecule has 1 amide bonds. The fraction of sp³-hybridized carbons (Fsp3) is 0.188. The number of anilines is 1. The van der Waals surface area contributed by atoms with Gasteiger partial charge in [-0.2, -0.15) is 0 Å². The highest BCUT2D eigenvalue weighted by Crippen LogP contribution is 2.21. The maximum atomic E-state index is 12.3. The number of carbonyl (C=O) groups is 1. The highest BCUT2D eigenvalue weighted by molar-refractivity contribution is 9.10. The summed E-state index contributed by atoms with van der Waals surface area (Å²) in [5.74, 6) is -0.298. The Kier molecular flexibility index (Phi) is 6.40. The fourth-order valence-corrected chi connectivity index (χ4v) is 3.24. The minimum Gasteiger partial charge on any atom is -0.326 e. The lowest BCUT2D eigenvalue weighted by Gasteiger charge is -2.18. The van der Waals surface area contributed by atoms with Gasteiger partial charge in [0, 0.05) is 21.6 Å². The highest BCUT2D eigenvalue weighted by atomic mass is 79.9. The predicted molar refractivity (Wildman–Crippen MR) is 99.6 cm³/mol. The second kappa shape index (κ2) is 8.11. The Morgan fingerprint density at radius 2 is 1.71 bits per heavy atom. The Morgan fingerprint density at radius 3 is 2.25 bits per heavy atom. The topological polar surface area (TPSA) is 75.3 Å². The average molecular weight is 432 g/mol. The number of hydrogen-bond donors (Lipinski definition) is 2. The van der Waals surface area contributed by atoms with Gasteiger partial charge in [-0.25, -0.2) is 13.1 Å². The summed E-state index contributed by atoms with van der Waals surface area (Å²) in [6.07, 6.45) is 1.02. The van der Waals surface area contributed by atoms with Crippen LogP contribution in [0.2, 0.25) is 5.02 Å². The number of rotatable bonds is 6. The van der Waals surface area contributed by atoms with Crippen molar-refractivity contribution in [1.29, 1.82) is 0 Å². The molecule has 8 heteroatoms. The predicted octanol–water partition coefficient (Wildman–Crippen LogP) is 3.72. The Morgan fingerprint density at radius 1 is 1.12 bits per heavy atom. The van der Waals surface area contributed by atoms with Crippen LogP contribution in [0.15, 0.2) is 53.0 Å². The summed E-state index contributed by atoms with van der Waals surface area (Å²) in [7, 11) is -3.47. The fourth-order valence-electron chi connectivity index (χ4n) is 2.11. The quantitative estimate of drug-likeness (QED) is 0.732. The number of benzene rings is 2. The van der Waals surface area contributed by atoms with Crippen molar-refractivity contribution < 1.29 is 13.2 Å². The molecule has 0 fully saturated rings. The molecule has 2 aromatic rings. The molecule has 1 unspecified atom stereocenters. The van der Waals surface area contributed by atoms with Gasteiger partial charge in [0.15, 0.2) is 0 Å². The highest BCUT2D eigenvalue weighted by Gasteiger charge is 2.20. The van der Waals surface area contributed by atoms with E-state index in [2.05, 4.69) is 26.0 Å². The van der Waals surface area contributed by atoms with Crippen molar-refractivity contribution in [2.45, 2.75) is 12.5 Å². The van der Waals surface area contributed by atoms with Crippen LogP contribution in [0.1, 0.15) is 18.0 Å². The van der Waals surface area contributed by atoms with Gasteiger partial charge in [-0.15, -0.1) is 0 Å². The van der Waals surface area contributed by atoms with E-state index in [1.54, 1.807) is 48.5 Å². The molecule has 2 rings (SSSR count). The number of halogens is 2. The zero-order valence-electron chi connectivity index (χ0n) is 12.8. The minimum atomic E-state index is -3.47. The molecule has 0 aliphatic rings. The third-order valence-electron chi connectivity index (χ3n) is 3.15. The molecule has 0 aliphatic heterocycles. The number of amides is 1. The van der Waals surface area contributed by atoms with Gasteiger partial charge in [-0.1, -0.05) is 39.7 Å². The van der Waals surface area contributed by atoms with E-state index in [0.29, 0.717) is 16.3 Å². The van der Waals surface area contributed by atoms with E-state index in [4.69, 9.17) is 11.6 Å². The zero-order chi connectivity index (χ0) is 17.7. The second-order valence-electron chi connectivity index (χ2n) is 5.25. The Hall–Kier alpha value is -1.41. The zero-order valence-corrected chi connectivity index (χ0v) is 16.0. The minimum absolute atomic E-state index is 0.0369. The first kappa shape index (κ1) is 18.9. The standard InChI is InChI=1S/C16H16BrClN2O3S/c1-24(22,23)20-15(11-2-6-13(18)7-3-11)10-16(21)19-14-8-4-12(17)5-9-14/h2-9,15,20H,10H2,1H3,(H,19,21). The molecule has 24 heavy (non-hydrogen) atoms. The molecule has 0 heterocycles. The van der Waals surface area contributed by atoms with Crippen LogP contribution in [0.4, 0.5) is 5.69 Å². The van der Waals surface area contributed by atoms with Gasteiger partial charge in [0.25, 0.3) is 0 Å². The van der Waals surface area contributed by atoms with E-state index < -0.39 is 16.1 Å². The van der Waals surface area contributed by atoms with E-state index in [1.165, 1.54) is 0 Å². The van der Waals surface area contributed by atoms with Gasteiger partial charge in [0.1, 0.15) is 0 Å². The summed E-state index contributed by atoms with van der Waals surface area (Å²) in [6, 6.07) is 13.1. The van der Waals surface area contributed by atoms with E-state index in [1.807, 2.05) is 0 Å². The van der Waals surface area contributed by atoms with Crippen molar-refractivity contribution in [1.82, 2.24) is 4.72 Å². The summed E-state index contributed by atoms with van der Waals surface area (Å²) in [5, 5.41) is 3.28. The van der Waals surface area contributed by atoms with Gasteiger partial charge in [0.2, 0.25) is 15.9 Å². The van der Waals surface area contributed by atoms with Crippen LogP contribution in [0, 0.1) is 0 Å². The summed E-state index contributed by atoms with van der Waals surface area (Å²) in [4.78, 5) is 12.3. The lowest BCUT2D eigenvalue weighted by Crippen LogP contribution is -2.30. The van der Waals surface area contributed by atoms with Gasteiger partial charge in [-0.3, -0.25) is 4.79 Å². The van der Waals surface area contributed by atoms with Crippen LogP contribution in [0.5, 0.6) is 0 Å². The van der Waals surface area contributed by atoms with Crippen LogP contribution in [-0.2, 0) is 14.8 Å². The van der Waals surface area contributed by atoms with Gasteiger partial charge < -0.3 is 5.32 Å². The smallest absolute Gasteiger partial charge is 0.226 e. The molecule has 128 valence electrons. The third kappa shape index (κ3) is 6.24. The van der Waals surface area contributed by atoms with Crippen molar-refractivity contribution in [2.75, 3.05) is 11.6 Å². The average Bonchev–Trinajstić information content (AvgIpc) is 2.48. The first-order valence-corrected chi connectivity index (χ1v) is 10.1. The van der Waals surface area contributed by atoms with Gasteiger partial charge in [0.05, 0.1) is 12.3 Å². The molecule has 0 saturated carbocycles. The van der Waals surface area contributed by atoms with Crippen molar-refractivity contribution in [2.24, 2.45) is 0 Å². The Labute approximate surface area is 154 Å². The maximum Gasteiger partial charge on any atom is 0.226 e. The van der Waals surface area contributed by atoms with Crippen molar-refractivity contribution >= 4 is 49.1 Å². The monoisotopic (exact) mass is 430 g/mol. The molecule has 1 atom stereocenters. The van der Waals surface area contributed by atoms with E-state index in [9.17, 15) is 13.2 Å². The number of nitrogens with one attached hydrogen (secondary N) is 2. The SMILES string of the molecule is CS(=O)(=O)NC(CC(=O)Nc1ccc(Br)cc1)c1ccc(Cl)cc1. The van der Waals surface area contributed by atoms with E-state index in [0.717, 1.165) is 10.7 Å². The molecule has 0 aliphatic carbocycles. The van der Waals surface area contributed by atoms with E-state index in [-0.39, 0.29) is 12.3 Å². The third-order valence-corrected chi connectivity index (χ3v) is 4.64. The molecule has 2 aromatic carbocycles. The van der Waals surface area contributed by atoms with Crippen molar-refractivity contribution in [3.63, 3.8) is 0 Å². The normalized spacial score (nSPS) is 12.6. The molecule has 0 aromatic heterocycles. The molecule has 0 spiro atoms. The molecule has 0 radical (unpaired) electrons. The second-order valence-corrected chi connectivity index (χ2v) is 8.39. The summed E-state index contributed by atoms with van der Waals surface area (Å²) < 4.78 is 26.5. The lowest BCUT2D eigenvalue weighted by molar-refractivity contribution is -0.116. The Bertz CT molecular complexity index is 808. The number of hydrogen-bond acceptors (Lipinski definition) is 3. The van der Waals surface area contributed by atoms with E-state index >= 15 is 0 Å². The molecule has 2 N–H and O–H groups in total. The molecule has 5 nitrogen and oxygen atoms in total. The van der Waals surface area contributed by atoms with Crippen molar-refractivity contribution in [3.8, 4) is 0 Å². The van der Waals surface area contributed by atoms with Crippen molar-refractivity contribution in [3.05, 3.63) is 63.6 Å². The largest absolute Gasteiger partial charge is 0.326 e. The molecular weight excluding hydrogens is 416 g/mol. The van der Waals surface area contributed by atoms with Crippen LogP contribution >= 0.6 is 27.5 Å². The van der Waals surface area contributed by atoms with Crippen LogP contribution < -0.4 is 10.0 Å². The van der Waals surface area contributed by atoms with Crippen LogP contribution in [0.3, 0.4) is 0 Å². The van der Waals surface area contributed by atoms with Gasteiger partial charge in [-0.05, 0) is 42.0 Å². The lowest BCUT2D eigenvalue weighted by atomic mass is 10.0. The number of carbonyl (C=O) groups excluding carboxylic acids is 1. The maximum absolute atomic E-state index is 12.3. The first-order valence-electron chi connectivity index (χ1n) is 7.01. The molecule has 0 bridgehead atoms. The summed E-state index contributed by atoms with van der Waals surface area (Å²) in [5.41, 5.74) is 1.30. The summed E-state index contributed by atoms with van der Waals surface area (Å²) in [6.45, 7) is 0. The molecule has 0 saturated heterocycles. The summed E-state index contributed by atoms with van der Waals surface area (Å²) >= 11 is 9.17. The number of sulfonamides is 1. The van der Waals surface area contributed by atoms with Crippen LogP contribution in [-0.4, -0.2) is 20.6 Å². The Balaban J connectivity index is 2.13. The van der Waals surface area contributed by atoms with Crippen LogP contribution in [0.25, 0.3) is 0 Å². The van der Waals surface area contributed by atoms with Gasteiger partial charge >= 0.3 is 0 Å².